The zero-order chi connectivity index (χ0) is 32.3. The second-order valence-electron chi connectivity index (χ2n) is 12.3. The summed E-state index contributed by atoms with van der Waals surface area (Å²) in [6.45, 7) is 0. The van der Waals surface area contributed by atoms with E-state index in [1.54, 1.807) is 0 Å². The fourth-order valence-corrected chi connectivity index (χ4v) is 6.85. The summed E-state index contributed by atoms with van der Waals surface area (Å²) in [5.74, 6) is 1.80. The predicted molar refractivity (Wildman–Crippen MR) is 199 cm³/mol. The third kappa shape index (κ3) is 4.71. The maximum atomic E-state index is 6.65. The number of hydrogen-bond acceptors (Lipinski definition) is 5. The zero-order valence-electron chi connectivity index (χ0n) is 26.2. The minimum atomic E-state index is 0.577. The summed E-state index contributed by atoms with van der Waals surface area (Å²) in [5.41, 5.74) is 7.27. The molecule has 3 heterocycles. The van der Waals surface area contributed by atoms with Crippen LogP contribution in [0.5, 0.6) is 0 Å². The summed E-state index contributed by atoms with van der Waals surface area (Å²) in [5, 5.41) is 7.60. The molecule has 0 aliphatic carbocycles. The third-order valence-electron chi connectivity index (χ3n) is 9.29. The molecule has 0 saturated heterocycles. The Morgan fingerprint density at radius 2 is 1.02 bits per heavy atom. The summed E-state index contributed by atoms with van der Waals surface area (Å²) in [6.07, 6.45) is 1.82. The maximum absolute atomic E-state index is 6.65. The first-order valence-electron chi connectivity index (χ1n) is 16.3. The molecule has 5 nitrogen and oxygen atoms in total. The fourth-order valence-electron chi connectivity index (χ4n) is 6.85. The molecular weight excluding hydrogens is 601 g/mol. The minimum absolute atomic E-state index is 0.577. The lowest BCUT2D eigenvalue weighted by molar-refractivity contribution is 0.669. The van der Waals surface area contributed by atoms with Gasteiger partial charge >= 0.3 is 0 Å². The quantitative estimate of drug-likeness (QED) is 0.194. The van der Waals surface area contributed by atoms with Gasteiger partial charge in [0.05, 0.1) is 5.52 Å². The predicted octanol–water partition coefficient (Wildman–Crippen LogP) is 11.3. The molecule has 3 aromatic heterocycles. The van der Waals surface area contributed by atoms with Crippen LogP contribution in [0.3, 0.4) is 0 Å². The molecular formula is C44H26N4O. The first-order chi connectivity index (χ1) is 24.2. The van der Waals surface area contributed by atoms with E-state index in [0.717, 1.165) is 66.0 Å². The normalized spacial score (nSPS) is 11.7. The number of benzene rings is 7. The summed E-state index contributed by atoms with van der Waals surface area (Å²) in [7, 11) is 0. The van der Waals surface area contributed by atoms with Crippen LogP contribution in [0.4, 0.5) is 0 Å². The van der Waals surface area contributed by atoms with E-state index in [-0.39, 0.29) is 0 Å². The Hall–Kier alpha value is -6.72. The highest BCUT2D eigenvalue weighted by atomic mass is 16.3. The Morgan fingerprint density at radius 1 is 0.388 bits per heavy atom. The van der Waals surface area contributed by atoms with Crippen molar-refractivity contribution in [3.63, 3.8) is 0 Å². The van der Waals surface area contributed by atoms with E-state index < -0.39 is 0 Å². The summed E-state index contributed by atoms with van der Waals surface area (Å²) >= 11 is 0. The van der Waals surface area contributed by atoms with Crippen LogP contribution in [0.15, 0.2) is 162 Å². The van der Waals surface area contributed by atoms with Crippen LogP contribution in [-0.2, 0) is 0 Å². The van der Waals surface area contributed by atoms with Crippen molar-refractivity contribution in [1.82, 2.24) is 19.9 Å². The van der Waals surface area contributed by atoms with Crippen molar-refractivity contribution in [2.75, 3.05) is 0 Å². The molecule has 0 bridgehead atoms. The van der Waals surface area contributed by atoms with E-state index >= 15 is 0 Å². The first kappa shape index (κ1) is 27.4. The smallest absolute Gasteiger partial charge is 0.164 e. The Kier molecular flexibility index (Phi) is 6.11. The van der Waals surface area contributed by atoms with Gasteiger partial charge in [0.25, 0.3) is 0 Å². The second kappa shape index (κ2) is 10.9. The van der Waals surface area contributed by atoms with E-state index in [4.69, 9.17) is 19.4 Å². The van der Waals surface area contributed by atoms with Crippen molar-refractivity contribution < 1.29 is 4.42 Å². The molecule has 0 aliphatic rings. The molecule has 228 valence electrons. The number of rotatable bonds is 4. The van der Waals surface area contributed by atoms with Gasteiger partial charge in [-0.05, 0) is 75.1 Å². The average Bonchev–Trinajstić information content (AvgIpc) is 3.53. The van der Waals surface area contributed by atoms with Crippen molar-refractivity contribution in [2.24, 2.45) is 0 Å². The Labute approximate surface area is 281 Å². The van der Waals surface area contributed by atoms with E-state index in [1.165, 1.54) is 16.2 Å². The monoisotopic (exact) mass is 626 g/mol. The number of fused-ring (bicyclic) bond motifs is 6. The lowest BCUT2D eigenvalue weighted by atomic mass is 9.96. The average molecular weight is 627 g/mol. The van der Waals surface area contributed by atoms with Crippen LogP contribution in [0.2, 0.25) is 0 Å². The van der Waals surface area contributed by atoms with Crippen LogP contribution in [0.1, 0.15) is 0 Å². The van der Waals surface area contributed by atoms with Crippen LogP contribution in [-0.4, -0.2) is 19.9 Å². The highest BCUT2D eigenvalue weighted by Gasteiger charge is 2.20. The molecule has 0 atom stereocenters. The van der Waals surface area contributed by atoms with Crippen molar-refractivity contribution in [2.45, 2.75) is 0 Å². The van der Waals surface area contributed by atoms with E-state index in [2.05, 4.69) is 120 Å². The molecule has 0 unspecified atom stereocenters. The van der Waals surface area contributed by atoms with E-state index in [1.807, 2.05) is 42.6 Å². The molecule has 0 spiro atoms. The molecule has 7 aromatic carbocycles. The Morgan fingerprint density at radius 3 is 1.80 bits per heavy atom. The van der Waals surface area contributed by atoms with Gasteiger partial charge in [-0.2, -0.15) is 0 Å². The van der Waals surface area contributed by atoms with Crippen LogP contribution in [0.25, 0.3) is 99.7 Å². The second-order valence-corrected chi connectivity index (χ2v) is 12.3. The summed E-state index contributed by atoms with van der Waals surface area (Å²) < 4.78 is 6.65. The van der Waals surface area contributed by atoms with E-state index in [0.29, 0.717) is 17.5 Å². The third-order valence-corrected chi connectivity index (χ3v) is 9.29. The van der Waals surface area contributed by atoms with Crippen LogP contribution >= 0.6 is 0 Å². The molecule has 49 heavy (non-hydrogen) atoms. The standard InChI is InChI=1S/C44H26N4O/c1-2-11-29(12-3-1)42-46-43(34-19-17-28-10-5-7-14-31(28)22-34)48-44(47-42)37-23-35(32-18-16-27-9-4-6-13-30(27)21-32)25-40-41(37)36-26-38-33(15-8-20-45-38)24-39(36)49-40/h1-26H. The zero-order valence-corrected chi connectivity index (χ0v) is 26.2. The van der Waals surface area contributed by atoms with Gasteiger partial charge in [0.15, 0.2) is 17.5 Å². The summed E-state index contributed by atoms with van der Waals surface area (Å²) in [6, 6.07) is 52.3. The van der Waals surface area contributed by atoms with Gasteiger partial charge in [0.2, 0.25) is 0 Å². The Balaban J connectivity index is 1.28. The largest absolute Gasteiger partial charge is 0.456 e. The van der Waals surface area contributed by atoms with Crippen molar-refractivity contribution in [3.8, 4) is 45.3 Å². The molecule has 10 aromatic rings. The minimum Gasteiger partial charge on any atom is -0.456 e. The van der Waals surface area contributed by atoms with Crippen molar-refractivity contribution in [3.05, 3.63) is 158 Å². The topological polar surface area (TPSA) is 64.7 Å². The van der Waals surface area contributed by atoms with Crippen molar-refractivity contribution in [1.29, 1.82) is 0 Å². The number of pyridine rings is 1. The van der Waals surface area contributed by atoms with Gasteiger partial charge in [-0.1, -0.05) is 109 Å². The lowest BCUT2D eigenvalue weighted by Gasteiger charge is -2.12. The molecule has 0 amide bonds. The Bertz CT molecular complexity index is 2890. The first-order valence-corrected chi connectivity index (χ1v) is 16.3. The van der Waals surface area contributed by atoms with Gasteiger partial charge in [-0.25, -0.2) is 15.0 Å². The molecule has 5 heteroatoms. The van der Waals surface area contributed by atoms with Gasteiger partial charge in [0, 0.05) is 39.0 Å². The number of hydrogen-bond donors (Lipinski definition) is 0. The van der Waals surface area contributed by atoms with Crippen LogP contribution < -0.4 is 0 Å². The van der Waals surface area contributed by atoms with Gasteiger partial charge in [0.1, 0.15) is 11.2 Å². The van der Waals surface area contributed by atoms with E-state index in [9.17, 15) is 0 Å². The highest BCUT2D eigenvalue weighted by Crippen LogP contribution is 2.41. The molecule has 0 N–H and O–H groups in total. The summed E-state index contributed by atoms with van der Waals surface area (Å²) in [4.78, 5) is 20.1. The van der Waals surface area contributed by atoms with Crippen LogP contribution in [0, 0.1) is 0 Å². The highest BCUT2D eigenvalue weighted by molar-refractivity contribution is 6.16. The van der Waals surface area contributed by atoms with Crippen molar-refractivity contribution >= 4 is 54.4 Å². The lowest BCUT2D eigenvalue weighted by Crippen LogP contribution is -2.00. The number of aromatic nitrogens is 4. The fraction of sp³-hybridized carbons (Fsp3) is 0. The SMILES string of the molecule is c1ccc(-c2nc(-c3ccc4ccccc4c3)nc(-c3cc(-c4ccc5ccccc5c4)cc4oc5cc6cccnc6cc5c34)n2)cc1. The molecule has 0 saturated carbocycles. The maximum Gasteiger partial charge on any atom is 0.164 e. The molecule has 0 fully saturated rings. The van der Waals surface area contributed by atoms with Gasteiger partial charge < -0.3 is 4.42 Å². The van der Waals surface area contributed by atoms with Gasteiger partial charge in [-0.15, -0.1) is 0 Å². The van der Waals surface area contributed by atoms with Gasteiger partial charge in [-0.3, -0.25) is 4.98 Å². The molecule has 0 radical (unpaired) electrons. The molecule has 0 aliphatic heterocycles. The molecule has 10 rings (SSSR count). The number of nitrogens with zero attached hydrogens (tertiary/aromatic N) is 4. The number of furan rings is 1.